The van der Waals surface area contributed by atoms with Crippen LogP contribution in [0.4, 0.5) is 0 Å². The highest BCUT2D eigenvalue weighted by Gasteiger charge is 2.55. The van der Waals surface area contributed by atoms with E-state index in [2.05, 4.69) is 30.1 Å². The Morgan fingerprint density at radius 3 is 2.62 bits per heavy atom. The lowest BCUT2D eigenvalue weighted by molar-refractivity contribution is -0.0581. The van der Waals surface area contributed by atoms with Crippen LogP contribution in [0.15, 0.2) is 18.2 Å². The number of fused-ring (bicyclic) bond motifs is 1. The van der Waals surface area contributed by atoms with Crippen LogP contribution < -0.4 is 9.47 Å². The van der Waals surface area contributed by atoms with Crippen molar-refractivity contribution in [1.29, 1.82) is 0 Å². The maximum absolute atomic E-state index is 6.23. The summed E-state index contributed by atoms with van der Waals surface area (Å²) in [6, 6.07) is 7.08. The van der Waals surface area contributed by atoms with E-state index >= 15 is 0 Å². The number of likely N-dealkylation sites (N-methyl/N-ethyl adjacent to an activating group) is 1. The first kappa shape index (κ1) is 16.2. The Labute approximate surface area is 145 Å². The molecule has 1 unspecified atom stereocenters. The first-order valence-corrected chi connectivity index (χ1v) is 9.19. The molecule has 3 fully saturated rings. The zero-order chi connectivity index (χ0) is 16.8. The van der Waals surface area contributed by atoms with E-state index < -0.39 is 0 Å². The third-order valence-corrected chi connectivity index (χ3v) is 6.82. The summed E-state index contributed by atoms with van der Waals surface area (Å²) >= 11 is 0. The van der Waals surface area contributed by atoms with Gasteiger partial charge in [0, 0.05) is 18.1 Å². The second kappa shape index (κ2) is 5.92. The molecule has 1 aromatic rings. The number of hydrogen-bond acceptors (Lipinski definition) is 4. The van der Waals surface area contributed by atoms with E-state index in [4.69, 9.17) is 14.2 Å². The number of hydrogen-bond donors (Lipinski definition) is 0. The maximum Gasteiger partial charge on any atom is 0.161 e. The van der Waals surface area contributed by atoms with Crippen molar-refractivity contribution in [1.82, 2.24) is 4.90 Å². The van der Waals surface area contributed by atoms with Crippen LogP contribution in [0.5, 0.6) is 11.5 Å². The van der Waals surface area contributed by atoms with Crippen LogP contribution in [-0.4, -0.2) is 51.0 Å². The number of ether oxygens (including phenoxy) is 3. The highest BCUT2D eigenvalue weighted by atomic mass is 16.5. The summed E-state index contributed by atoms with van der Waals surface area (Å²) < 4.78 is 17.2. The van der Waals surface area contributed by atoms with Crippen molar-refractivity contribution in [3.8, 4) is 11.5 Å². The van der Waals surface area contributed by atoms with Crippen LogP contribution in [0.3, 0.4) is 0 Å². The van der Waals surface area contributed by atoms with Crippen molar-refractivity contribution in [3.63, 3.8) is 0 Å². The van der Waals surface area contributed by atoms with E-state index in [-0.39, 0.29) is 11.0 Å². The maximum atomic E-state index is 6.23. The predicted molar refractivity (Wildman–Crippen MR) is 94.0 cm³/mol. The molecule has 0 amide bonds. The third kappa shape index (κ3) is 2.34. The molecule has 2 aliphatic heterocycles. The van der Waals surface area contributed by atoms with Gasteiger partial charge in [0.2, 0.25) is 0 Å². The molecule has 0 aromatic heterocycles. The molecule has 4 rings (SSSR count). The van der Waals surface area contributed by atoms with Gasteiger partial charge in [-0.15, -0.1) is 0 Å². The van der Waals surface area contributed by atoms with Crippen molar-refractivity contribution >= 4 is 0 Å². The Morgan fingerprint density at radius 2 is 1.92 bits per heavy atom. The van der Waals surface area contributed by atoms with Gasteiger partial charge in [-0.2, -0.15) is 0 Å². The molecular weight excluding hydrogens is 302 g/mol. The Kier molecular flexibility index (Phi) is 4.00. The van der Waals surface area contributed by atoms with Crippen LogP contribution in [0.25, 0.3) is 0 Å². The van der Waals surface area contributed by atoms with Gasteiger partial charge in [-0.3, -0.25) is 0 Å². The molecule has 0 bridgehead atoms. The lowest BCUT2D eigenvalue weighted by Gasteiger charge is -2.48. The van der Waals surface area contributed by atoms with Gasteiger partial charge in [-0.1, -0.05) is 6.07 Å². The first-order chi connectivity index (χ1) is 11.6. The summed E-state index contributed by atoms with van der Waals surface area (Å²) in [5, 5.41) is 0. The molecule has 4 nitrogen and oxygen atoms in total. The fourth-order valence-electron chi connectivity index (χ4n) is 5.41. The van der Waals surface area contributed by atoms with Gasteiger partial charge in [0.1, 0.15) is 0 Å². The molecule has 3 aliphatic rings. The summed E-state index contributed by atoms with van der Waals surface area (Å²) in [5.41, 5.74) is 1.77. The zero-order valence-electron chi connectivity index (χ0n) is 15.1. The molecule has 2 heterocycles. The minimum atomic E-state index is 0.142. The van der Waals surface area contributed by atoms with Crippen LogP contribution in [0.1, 0.15) is 44.1 Å². The largest absolute Gasteiger partial charge is 0.493 e. The molecule has 1 spiro atoms. The lowest BCUT2D eigenvalue weighted by Crippen LogP contribution is -2.52. The van der Waals surface area contributed by atoms with Gasteiger partial charge in [-0.25, -0.2) is 0 Å². The Hall–Kier alpha value is -1.26. The van der Waals surface area contributed by atoms with E-state index in [1.807, 2.05) is 0 Å². The summed E-state index contributed by atoms with van der Waals surface area (Å²) in [6.45, 7) is 2.11. The van der Waals surface area contributed by atoms with E-state index in [9.17, 15) is 0 Å². The number of likely N-dealkylation sites (tertiary alicyclic amines) is 1. The van der Waals surface area contributed by atoms with Gasteiger partial charge in [-0.05, 0) is 69.8 Å². The molecule has 1 saturated carbocycles. The van der Waals surface area contributed by atoms with Gasteiger partial charge >= 0.3 is 0 Å². The summed E-state index contributed by atoms with van der Waals surface area (Å²) in [6.07, 6.45) is 7.24. The molecule has 1 aromatic carbocycles. The molecule has 132 valence electrons. The second-order valence-corrected chi connectivity index (χ2v) is 7.81. The minimum Gasteiger partial charge on any atom is -0.493 e. The number of rotatable bonds is 3. The highest BCUT2D eigenvalue weighted by Crippen LogP contribution is 2.54. The van der Waals surface area contributed by atoms with Gasteiger partial charge in [0.15, 0.2) is 11.5 Å². The fourth-order valence-corrected chi connectivity index (χ4v) is 5.41. The van der Waals surface area contributed by atoms with Crippen LogP contribution in [-0.2, 0) is 10.2 Å². The summed E-state index contributed by atoms with van der Waals surface area (Å²) in [4.78, 5) is 2.55. The van der Waals surface area contributed by atoms with Crippen molar-refractivity contribution in [2.45, 2.75) is 55.6 Å². The normalized spacial score (nSPS) is 36.0. The van der Waals surface area contributed by atoms with Crippen molar-refractivity contribution in [3.05, 3.63) is 23.8 Å². The Balaban J connectivity index is 1.70. The smallest absolute Gasteiger partial charge is 0.161 e. The average molecular weight is 331 g/mol. The van der Waals surface area contributed by atoms with Gasteiger partial charge < -0.3 is 19.1 Å². The van der Waals surface area contributed by atoms with E-state index in [0.717, 1.165) is 31.1 Å². The van der Waals surface area contributed by atoms with Crippen LogP contribution in [0, 0.1) is 0 Å². The topological polar surface area (TPSA) is 30.9 Å². The quantitative estimate of drug-likeness (QED) is 0.850. The van der Waals surface area contributed by atoms with Crippen molar-refractivity contribution in [2.75, 3.05) is 34.4 Å². The molecule has 24 heavy (non-hydrogen) atoms. The zero-order valence-corrected chi connectivity index (χ0v) is 15.1. The molecule has 4 heteroatoms. The average Bonchev–Trinajstić information content (AvgIpc) is 3.21. The van der Waals surface area contributed by atoms with Crippen molar-refractivity contribution < 1.29 is 14.2 Å². The molecule has 2 saturated heterocycles. The van der Waals surface area contributed by atoms with E-state index in [0.29, 0.717) is 6.04 Å². The van der Waals surface area contributed by atoms with Crippen molar-refractivity contribution in [2.24, 2.45) is 0 Å². The number of nitrogens with zero attached hydrogens (tertiary/aromatic N) is 1. The monoisotopic (exact) mass is 331 g/mol. The minimum absolute atomic E-state index is 0.142. The van der Waals surface area contributed by atoms with Crippen LogP contribution in [0.2, 0.25) is 0 Å². The lowest BCUT2D eigenvalue weighted by atomic mass is 9.62. The molecular formula is C20H29NO3. The van der Waals surface area contributed by atoms with E-state index in [1.165, 1.54) is 37.7 Å². The third-order valence-electron chi connectivity index (χ3n) is 6.82. The SMILES string of the molecule is COc1ccc([C@]23CCN(C)[C@H]2CC2(CCCO2)CC3)cc1OC. The first-order valence-electron chi connectivity index (χ1n) is 9.19. The van der Waals surface area contributed by atoms with Gasteiger partial charge in [0.25, 0.3) is 0 Å². The molecule has 0 N–H and O–H groups in total. The standard InChI is InChI=1S/C20H29NO3/c1-21-11-10-20(15-5-6-16(22-2)17(13-15)23-3)9-8-19(14-18(20)21)7-4-12-24-19/h5-6,13,18H,4,7-12,14H2,1-3H3/t18-,19?,20-/m0/s1. The Morgan fingerprint density at radius 1 is 1.08 bits per heavy atom. The fraction of sp³-hybridized carbons (Fsp3) is 0.700. The Bertz CT molecular complexity index is 611. The molecule has 3 atom stereocenters. The second-order valence-electron chi connectivity index (χ2n) is 7.81. The highest BCUT2D eigenvalue weighted by molar-refractivity contribution is 5.46. The summed E-state index contributed by atoms with van der Waals surface area (Å²) in [7, 11) is 5.70. The predicted octanol–water partition coefficient (Wildman–Crippen LogP) is 3.38. The molecule has 0 radical (unpaired) electrons. The summed E-state index contributed by atoms with van der Waals surface area (Å²) in [5.74, 6) is 1.65. The number of methoxy groups -OCH3 is 2. The molecule has 1 aliphatic carbocycles. The van der Waals surface area contributed by atoms with Gasteiger partial charge in [0.05, 0.1) is 19.8 Å². The van der Waals surface area contributed by atoms with E-state index in [1.54, 1.807) is 14.2 Å². The number of benzene rings is 1. The van der Waals surface area contributed by atoms with Crippen LogP contribution >= 0.6 is 0 Å².